The fraction of sp³-hybridized carbons (Fsp3) is 0.125. The largest absolute Gasteiger partial charge is 0.416 e. The summed E-state index contributed by atoms with van der Waals surface area (Å²) in [6.45, 7) is 4.00. The van der Waals surface area contributed by atoms with E-state index in [1.54, 1.807) is 0 Å². The van der Waals surface area contributed by atoms with E-state index in [4.69, 9.17) is 4.42 Å². The zero-order chi connectivity index (χ0) is 14.4. The average molecular weight is 331 g/mol. The van der Waals surface area contributed by atoms with E-state index >= 15 is 0 Å². The minimum Gasteiger partial charge on any atom is -0.416 e. The molecule has 4 heteroatoms. The van der Waals surface area contributed by atoms with Crippen molar-refractivity contribution in [1.82, 2.24) is 10.2 Å². The molecule has 3 nitrogen and oxygen atoms in total. The lowest BCUT2D eigenvalue weighted by Gasteiger charge is -1.95. The number of aromatic nitrogens is 2. The standard InChI is InChI=1S/C14H9BrN2O.C2H6/c15-12-8-6-11(7-9-12)14-17-16-13(18-14)10-4-2-1-3-5-10;1-2/h1-9H;1-2H3. The van der Waals surface area contributed by atoms with E-state index < -0.39 is 0 Å². The smallest absolute Gasteiger partial charge is 0.248 e. The summed E-state index contributed by atoms with van der Waals surface area (Å²) in [6.07, 6.45) is 0. The third kappa shape index (κ3) is 3.33. The van der Waals surface area contributed by atoms with Crippen LogP contribution in [0.5, 0.6) is 0 Å². The summed E-state index contributed by atoms with van der Waals surface area (Å²) in [5.74, 6) is 1.06. The van der Waals surface area contributed by atoms with Crippen LogP contribution in [0.3, 0.4) is 0 Å². The van der Waals surface area contributed by atoms with Gasteiger partial charge in [-0.15, -0.1) is 10.2 Å². The topological polar surface area (TPSA) is 38.9 Å². The van der Waals surface area contributed by atoms with Gasteiger partial charge in [-0.25, -0.2) is 0 Å². The lowest BCUT2D eigenvalue weighted by Crippen LogP contribution is -1.76. The predicted octanol–water partition coefficient (Wildman–Crippen LogP) is 5.19. The quantitative estimate of drug-likeness (QED) is 0.648. The minimum atomic E-state index is 0.529. The van der Waals surface area contributed by atoms with E-state index in [1.165, 1.54) is 0 Å². The van der Waals surface area contributed by atoms with Crippen LogP contribution in [0.15, 0.2) is 63.5 Å². The monoisotopic (exact) mass is 330 g/mol. The maximum Gasteiger partial charge on any atom is 0.248 e. The first-order valence-electron chi connectivity index (χ1n) is 6.48. The lowest BCUT2D eigenvalue weighted by molar-refractivity contribution is 0.584. The van der Waals surface area contributed by atoms with Crippen molar-refractivity contribution in [2.45, 2.75) is 13.8 Å². The molecule has 0 saturated heterocycles. The van der Waals surface area contributed by atoms with Gasteiger partial charge in [0.15, 0.2) is 0 Å². The Hall–Kier alpha value is -1.94. The molecule has 0 aliphatic heterocycles. The Kier molecular flexibility index (Phi) is 5.07. The molecule has 0 radical (unpaired) electrons. The van der Waals surface area contributed by atoms with Crippen LogP contribution in [0.25, 0.3) is 22.9 Å². The number of benzene rings is 2. The molecule has 20 heavy (non-hydrogen) atoms. The second-order valence-electron chi connectivity index (χ2n) is 3.79. The maximum absolute atomic E-state index is 5.66. The van der Waals surface area contributed by atoms with Gasteiger partial charge in [-0.1, -0.05) is 48.0 Å². The molecule has 0 fully saturated rings. The number of halogens is 1. The second kappa shape index (κ2) is 7.01. The Labute approximate surface area is 126 Å². The van der Waals surface area contributed by atoms with Gasteiger partial charge in [0.25, 0.3) is 0 Å². The van der Waals surface area contributed by atoms with E-state index in [0.29, 0.717) is 11.8 Å². The highest BCUT2D eigenvalue weighted by Crippen LogP contribution is 2.24. The van der Waals surface area contributed by atoms with E-state index in [1.807, 2.05) is 68.4 Å². The first-order chi connectivity index (χ1) is 9.83. The van der Waals surface area contributed by atoms with Crippen molar-refractivity contribution in [1.29, 1.82) is 0 Å². The molecule has 1 heterocycles. The van der Waals surface area contributed by atoms with Crippen molar-refractivity contribution in [3.8, 4) is 22.9 Å². The summed E-state index contributed by atoms with van der Waals surface area (Å²) in [5.41, 5.74) is 1.83. The Balaban J connectivity index is 0.000000704. The van der Waals surface area contributed by atoms with Crippen molar-refractivity contribution in [3.63, 3.8) is 0 Å². The number of hydrogen-bond acceptors (Lipinski definition) is 3. The SMILES string of the molecule is Brc1ccc(-c2nnc(-c3ccccc3)o2)cc1.CC. The first-order valence-corrected chi connectivity index (χ1v) is 7.27. The third-order valence-electron chi connectivity index (χ3n) is 2.54. The van der Waals surface area contributed by atoms with Crippen molar-refractivity contribution >= 4 is 15.9 Å². The van der Waals surface area contributed by atoms with Crippen LogP contribution in [0, 0.1) is 0 Å². The predicted molar refractivity (Wildman–Crippen MR) is 84.2 cm³/mol. The molecule has 0 saturated carbocycles. The molecule has 0 spiro atoms. The van der Waals surface area contributed by atoms with Crippen LogP contribution in [-0.2, 0) is 0 Å². The summed E-state index contributed by atoms with van der Waals surface area (Å²) in [7, 11) is 0. The number of nitrogens with zero attached hydrogens (tertiary/aromatic N) is 2. The normalized spacial score (nSPS) is 9.75. The van der Waals surface area contributed by atoms with Gasteiger partial charge in [0.05, 0.1) is 0 Å². The highest BCUT2D eigenvalue weighted by molar-refractivity contribution is 9.10. The average Bonchev–Trinajstić information content (AvgIpc) is 3.01. The van der Waals surface area contributed by atoms with Gasteiger partial charge in [0.2, 0.25) is 11.8 Å². The van der Waals surface area contributed by atoms with Crippen LogP contribution in [0.1, 0.15) is 13.8 Å². The van der Waals surface area contributed by atoms with Crippen LogP contribution in [0.4, 0.5) is 0 Å². The molecular weight excluding hydrogens is 316 g/mol. The van der Waals surface area contributed by atoms with Crippen LogP contribution in [0.2, 0.25) is 0 Å². The summed E-state index contributed by atoms with van der Waals surface area (Å²) in [4.78, 5) is 0. The van der Waals surface area contributed by atoms with E-state index in [0.717, 1.165) is 15.6 Å². The Bertz CT molecular complexity index is 648. The van der Waals surface area contributed by atoms with Gasteiger partial charge < -0.3 is 4.42 Å². The summed E-state index contributed by atoms with van der Waals surface area (Å²) < 4.78 is 6.68. The van der Waals surface area contributed by atoms with Gasteiger partial charge in [0.1, 0.15) is 0 Å². The molecule has 0 N–H and O–H groups in total. The van der Waals surface area contributed by atoms with Crippen molar-refractivity contribution in [2.24, 2.45) is 0 Å². The van der Waals surface area contributed by atoms with Crippen molar-refractivity contribution in [2.75, 3.05) is 0 Å². The molecule has 0 unspecified atom stereocenters. The second-order valence-corrected chi connectivity index (χ2v) is 4.70. The molecular formula is C16H15BrN2O. The third-order valence-corrected chi connectivity index (χ3v) is 3.07. The molecule has 0 aliphatic carbocycles. The van der Waals surface area contributed by atoms with Gasteiger partial charge in [0, 0.05) is 15.6 Å². The molecule has 0 aliphatic rings. The van der Waals surface area contributed by atoms with Gasteiger partial charge in [-0.2, -0.15) is 0 Å². The van der Waals surface area contributed by atoms with Gasteiger partial charge in [-0.3, -0.25) is 0 Å². The molecule has 102 valence electrons. The molecule has 0 atom stereocenters. The Morgan fingerprint density at radius 3 is 1.80 bits per heavy atom. The minimum absolute atomic E-state index is 0.529. The van der Waals surface area contributed by atoms with Gasteiger partial charge >= 0.3 is 0 Å². The molecule has 3 rings (SSSR count). The number of rotatable bonds is 2. The summed E-state index contributed by atoms with van der Waals surface area (Å²) >= 11 is 3.39. The van der Waals surface area contributed by atoms with Crippen molar-refractivity contribution < 1.29 is 4.42 Å². The van der Waals surface area contributed by atoms with E-state index in [9.17, 15) is 0 Å². The zero-order valence-electron chi connectivity index (χ0n) is 11.4. The molecule has 3 aromatic rings. The van der Waals surface area contributed by atoms with E-state index in [2.05, 4.69) is 26.1 Å². The highest BCUT2D eigenvalue weighted by atomic mass is 79.9. The fourth-order valence-electron chi connectivity index (χ4n) is 1.63. The molecule has 1 aromatic heterocycles. The maximum atomic E-state index is 5.66. The molecule has 2 aromatic carbocycles. The van der Waals surface area contributed by atoms with Crippen LogP contribution < -0.4 is 0 Å². The molecule has 0 amide bonds. The zero-order valence-corrected chi connectivity index (χ0v) is 13.0. The van der Waals surface area contributed by atoms with E-state index in [-0.39, 0.29) is 0 Å². The Morgan fingerprint density at radius 2 is 1.25 bits per heavy atom. The number of hydrogen-bond donors (Lipinski definition) is 0. The van der Waals surface area contributed by atoms with Crippen molar-refractivity contribution in [3.05, 3.63) is 59.1 Å². The highest BCUT2D eigenvalue weighted by Gasteiger charge is 2.09. The summed E-state index contributed by atoms with van der Waals surface area (Å²) in [6, 6.07) is 17.5. The summed E-state index contributed by atoms with van der Waals surface area (Å²) in [5, 5.41) is 8.12. The van der Waals surface area contributed by atoms with Crippen LogP contribution >= 0.6 is 15.9 Å². The fourth-order valence-corrected chi connectivity index (χ4v) is 1.89. The molecule has 0 bridgehead atoms. The lowest BCUT2D eigenvalue weighted by atomic mass is 10.2. The van der Waals surface area contributed by atoms with Gasteiger partial charge in [-0.05, 0) is 36.4 Å². The first kappa shape index (κ1) is 14.5. The van der Waals surface area contributed by atoms with Crippen LogP contribution in [-0.4, -0.2) is 10.2 Å². The Morgan fingerprint density at radius 1 is 0.750 bits per heavy atom.